The molecule has 0 atom stereocenters. The molecule has 2 aromatic rings. The Bertz CT molecular complexity index is 673. The van der Waals surface area contributed by atoms with Crippen LogP contribution in [0.4, 0.5) is 9.93 Å². The zero-order chi connectivity index (χ0) is 16.8. The van der Waals surface area contributed by atoms with Gasteiger partial charge in [-0.3, -0.25) is 5.32 Å². The molecule has 2 aromatic heterocycles. The van der Waals surface area contributed by atoms with Crippen molar-refractivity contribution < 1.29 is 14.3 Å². The van der Waals surface area contributed by atoms with Gasteiger partial charge in [-0.25, -0.2) is 19.7 Å². The molecule has 1 aliphatic rings. The standard InChI is InChI=1S/C15H19N5O3S/c1-22-10-11-9-18-14(24-11)19-13(21)20-15(3-7-23-8-4-15)12-16-5-2-6-17-12/h2,5-6,9H,3-4,7-8,10H2,1H3,(H2,18,19,20,21). The summed E-state index contributed by atoms with van der Waals surface area (Å²) in [6.45, 7) is 1.57. The summed E-state index contributed by atoms with van der Waals surface area (Å²) in [5.41, 5.74) is -0.629. The Hall–Kier alpha value is -2.10. The lowest BCUT2D eigenvalue weighted by molar-refractivity contribution is 0.0383. The number of hydrogen-bond acceptors (Lipinski definition) is 7. The number of ether oxygens (including phenoxy) is 2. The highest BCUT2D eigenvalue weighted by Crippen LogP contribution is 2.29. The Morgan fingerprint density at radius 2 is 2.08 bits per heavy atom. The third kappa shape index (κ3) is 3.86. The summed E-state index contributed by atoms with van der Waals surface area (Å²) in [6.07, 6.45) is 6.29. The third-order valence-electron chi connectivity index (χ3n) is 3.75. The summed E-state index contributed by atoms with van der Waals surface area (Å²) >= 11 is 1.38. The SMILES string of the molecule is COCc1cnc(NC(=O)NC2(c3ncccn3)CCOCC2)s1. The number of urea groups is 1. The first-order chi connectivity index (χ1) is 11.7. The first-order valence-corrected chi connectivity index (χ1v) is 8.41. The molecule has 0 aromatic carbocycles. The predicted octanol–water partition coefficient (Wildman–Crippen LogP) is 1.91. The van der Waals surface area contributed by atoms with E-state index in [2.05, 4.69) is 25.6 Å². The van der Waals surface area contributed by atoms with Crippen molar-refractivity contribution in [2.75, 3.05) is 25.6 Å². The van der Waals surface area contributed by atoms with Crippen LogP contribution in [0.15, 0.2) is 24.7 Å². The molecule has 3 heterocycles. The number of hydrogen-bond donors (Lipinski definition) is 2. The maximum Gasteiger partial charge on any atom is 0.321 e. The van der Waals surface area contributed by atoms with Gasteiger partial charge in [0.05, 0.1) is 11.5 Å². The van der Waals surface area contributed by atoms with E-state index in [9.17, 15) is 4.79 Å². The monoisotopic (exact) mass is 349 g/mol. The Morgan fingerprint density at radius 3 is 2.79 bits per heavy atom. The van der Waals surface area contributed by atoms with Gasteiger partial charge in [0, 0.05) is 51.8 Å². The molecule has 24 heavy (non-hydrogen) atoms. The molecule has 1 fully saturated rings. The summed E-state index contributed by atoms with van der Waals surface area (Å²) in [5, 5.41) is 6.31. The van der Waals surface area contributed by atoms with E-state index in [-0.39, 0.29) is 6.03 Å². The Morgan fingerprint density at radius 1 is 1.33 bits per heavy atom. The van der Waals surface area contributed by atoms with Crippen LogP contribution in [0, 0.1) is 0 Å². The van der Waals surface area contributed by atoms with Crippen molar-refractivity contribution in [2.24, 2.45) is 0 Å². The third-order valence-corrected chi connectivity index (χ3v) is 4.64. The van der Waals surface area contributed by atoms with Gasteiger partial charge < -0.3 is 14.8 Å². The van der Waals surface area contributed by atoms with Gasteiger partial charge in [-0.1, -0.05) is 11.3 Å². The van der Waals surface area contributed by atoms with Gasteiger partial charge in [0.2, 0.25) is 0 Å². The van der Waals surface area contributed by atoms with Gasteiger partial charge in [-0.15, -0.1) is 0 Å². The van der Waals surface area contributed by atoms with Crippen LogP contribution >= 0.6 is 11.3 Å². The number of aromatic nitrogens is 3. The molecular weight excluding hydrogens is 330 g/mol. The van der Waals surface area contributed by atoms with Gasteiger partial charge in [0.15, 0.2) is 11.0 Å². The Kier molecular flexibility index (Phi) is 5.34. The number of rotatable bonds is 5. The molecule has 9 heteroatoms. The van der Waals surface area contributed by atoms with Crippen molar-refractivity contribution >= 4 is 22.5 Å². The summed E-state index contributed by atoms with van der Waals surface area (Å²) < 4.78 is 10.5. The van der Waals surface area contributed by atoms with E-state index in [0.29, 0.717) is 43.6 Å². The highest BCUT2D eigenvalue weighted by atomic mass is 32.1. The highest BCUT2D eigenvalue weighted by Gasteiger charge is 2.38. The second-order valence-electron chi connectivity index (χ2n) is 5.41. The normalized spacial score (nSPS) is 16.5. The zero-order valence-electron chi connectivity index (χ0n) is 13.3. The first kappa shape index (κ1) is 16.7. The fourth-order valence-electron chi connectivity index (χ4n) is 2.59. The van der Waals surface area contributed by atoms with Crippen LogP contribution in [0.1, 0.15) is 23.5 Å². The fraction of sp³-hybridized carbons (Fsp3) is 0.467. The van der Waals surface area contributed by atoms with Crippen LogP contribution in [0.3, 0.4) is 0 Å². The van der Waals surface area contributed by atoms with E-state index in [0.717, 1.165) is 4.88 Å². The van der Waals surface area contributed by atoms with Crippen molar-refractivity contribution in [2.45, 2.75) is 25.0 Å². The molecule has 8 nitrogen and oxygen atoms in total. The lowest BCUT2D eigenvalue weighted by Crippen LogP contribution is -2.51. The van der Waals surface area contributed by atoms with Crippen molar-refractivity contribution in [3.63, 3.8) is 0 Å². The lowest BCUT2D eigenvalue weighted by Gasteiger charge is -2.36. The van der Waals surface area contributed by atoms with E-state index in [1.165, 1.54) is 11.3 Å². The molecule has 2 N–H and O–H groups in total. The van der Waals surface area contributed by atoms with E-state index < -0.39 is 5.54 Å². The minimum atomic E-state index is -0.629. The van der Waals surface area contributed by atoms with E-state index in [1.807, 2.05) is 0 Å². The Labute approximate surface area is 143 Å². The number of carbonyl (C=O) groups is 1. The molecule has 0 unspecified atom stereocenters. The number of anilines is 1. The minimum absolute atomic E-state index is 0.331. The summed E-state index contributed by atoms with van der Waals surface area (Å²) in [5.74, 6) is 0.600. The highest BCUT2D eigenvalue weighted by molar-refractivity contribution is 7.15. The van der Waals surface area contributed by atoms with Crippen molar-refractivity contribution in [1.82, 2.24) is 20.3 Å². The summed E-state index contributed by atoms with van der Waals surface area (Å²) in [6, 6.07) is 1.42. The number of thiazole rings is 1. The molecule has 0 saturated carbocycles. The van der Waals surface area contributed by atoms with Crippen molar-refractivity contribution in [3.05, 3.63) is 35.4 Å². The van der Waals surface area contributed by atoms with Crippen LogP contribution in [-0.2, 0) is 21.6 Å². The summed E-state index contributed by atoms with van der Waals surface area (Å²) in [4.78, 5) is 26.2. The van der Waals surface area contributed by atoms with Gasteiger partial charge >= 0.3 is 6.03 Å². The number of nitrogens with one attached hydrogen (secondary N) is 2. The average molecular weight is 349 g/mol. The lowest BCUT2D eigenvalue weighted by atomic mass is 9.89. The Balaban J connectivity index is 1.71. The van der Waals surface area contributed by atoms with E-state index >= 15 is 0 Å². The van der Waals surface area contributed by atoms with Gasteiger partial charge in [0.25, 0.3) is 0 Å². The van der Waals surface area contributed by atoms with Crippen molar-refractivity contribution in [1.29, 1.82) is 0 Å². The van der Waals surface area contributed by atoms with Gasteiger partial charge in [0.1, 0.15) is 5.54 Å². The first-order valence-electron chi connectivity index (χ1n) is 7.60. The maximum absolute atomic E-state index is 12.4. The number of nitrogens with zero attached hydrogens (tertiary/aromatic N) is 3. The second-order valence-corrected chi connectivity index (χ2v) is 6.53. The quantitative estimate of drug-likeness (QED) is 0.855. The maximum atomic E-state index is 12.4. The smallest absolute Gasteiger partial charge is 0.321 e. The zero-order valence-corrected chi connectivity index (χ0v) is 14.1. The van der Waals surface area contributed by atoms with Crippen molar-refractivity contribution in [3.8, 4) is 0 Å². The van der Waals surface area contributed by atoms with Gasteiger partial charge in [-0.2, -0.15) is 0 Å². The van der Waals surface area contributed by atoms with Crippen LogP contribution in [0.5, 0.6) is 0 Å². The van der Waals surface area contributed by atoms with Crippen LogP contribution in [-0.4, -0.2) is 41.3 Å². The second kappa shape index (κ2) is 7.65. The molecule has 3 rings (SSSR count). The number of amides is 2. The molecule has 1 aliphatic heterocycles. The largest absolute Gasteiger partial charge is 0.381 e. The molecule has 0 aliphatic carbocycles. The number of methoxy groups -OCH3 is 1. The molecule has 0 radical (unpaired) electrons. The molecule has 0 bridgehead atoms. The van der Waals surface area contributed by atoms with Crippen LogP contribution < -0.4 is 10.6 Å². The molecule has 128 valence electrons. The van der Waals surface area contributed by atoms with E-state index in [1.54, 1.807) is 31.8 Å². The minimum Gasteiger partial charge on any atom is -0.381 e. The van der Waals surface area contributed by atoms with Crippen LogP contribution in [0.2, 0.25) is 0 Å². The molecule has 1 saturated heterocycles. The average Bonchev–Trinajstić information content (AvgIpc) is 3.03. The molecule has 2 amide bonds. The van der Waals surface area contributed by atoms with Gasteiger partial charge in [-0.05, 0) is 6.07 Å². The molecule has 0 spiro atoms. The summed E-state index contributed by atoms with van der Waals surface area (Å²) in [7, 11) is 1.62. The number of carbonyl (C=O) groups excluding carboxylic acids is 1. The predicted molar refractivity (Wildman–Crippen MR) is 88.7 cm³/mol. The fourth-order valence-corrected chi connectivity index (χ4v) is 3.37. The van der Waals surface area contributed by atoms with Crippen LogP contribution in [0.25, 0.3) is 0 Å². The molecular formula is C15H19N5O3S. The topological polar surface area (TPSA) is 98.3 Å². The van der Waals surface area contributed by atoms with E-state index in [4.69, 9.17) is 9.47 Å².